The van der Waals surface area contributed by atoms with Gasteiger partial charge >= 0.3 is 0 Å². The molecule has 1 heterocycles. The topological polar surface area (TPSA) is 30.3 Å². The van der Waals surface area contributed by atoms with Gasteiger partial charge in [-0.25, -0.2) is 4.98 Å². The van der Waals surface area contributed by atoms with Crippen LogP contribution in [0.5, 0.6) is 5.88 Å². The van der Waals surface area contributed by atoms with Crippen LogP contribution < -0.4 is 4.74 Å². The SMILES string of the molecule is CCC(CN(C)CC)Oc1cn(C)cn1. The van der Waals surface area contributed by atoms with E-state index in [1.165, 1.54) is 0 Å². The van der Waals surface area contributed by atoms with Gasteiger partial charge in [0.1, 0.15) is 6.10 Å². The lowest BCUT2D eigenvalue weighted by Crippen LogP contribution is -2.32. The summed E-state index contributed by atoms with van der Waals surface area (Å²) in [6.07, 6.45) is 4.88. The molecule has 0 fully saturated rings. The van der Waals surface area contributed by atoms with Crippen molar-refractivity contribution in [1.29, 1.82) is 0 Å². The summed E-state index contributed by atoms with van der Waals surface area (Å²) in [5.41, 5.74) is 0. The van der Waals surface area contributed by atoms with Gasteiger partial charge in [0.05, 0.1) is 12.5 Å². The smallest absolute Gasteiger partial charge is 0.231 e. The quantitative estimate of drug-likeness (QED) is 0.715. The van der Waals surface area contributed by atoms with E-state index in [4.69, 9.17) is 4.74 Å². The Balaban J connectivity index is 2.46. The lowest BCUT2D eigenvalue weighted by atomic mass is 10.2. The minimum atomic E-state index is 0.227. The highest BCUT2D eigenvalue weighted by atomic mass is 16.5. The molecule has 0 aliphatic carbocycles. The maximum Gasteiger partial charge on any atom is 0.231 e. The highest BCUT2D eigenvalue weighted by Crippen LogP contribution is 2.10. The number of rotatable bonds is 6. The third kappa shape index (κ3) is 3.91. The van der Waals surface area contributed by atoms with Gasteiger partial charge in [0.15, 0.2) is 0 Å². The number of imidazole rings is 1. The first-order chi connectivity index (χ1) is 7.15. The fraction of sp³-hybridized carbons (Fsp3) is 0.727. The first-order valence-corrected chi connectivity index (χ1v) is 5.48. The second-order valence-corrected chi connectivity index (χ2v) is 3.88. The Morgan fingerprint density at radius 1 is 1.53 bits per heavy atom. The normalized spacial score (nSPS) is 13.1. The van der Waals surface area contributed by atoms with E-state index in [1.54, 1.807) is 6.33 Å². The maximum absolute atomic E-state index is 5.78. The van der Waals surface area contributed by atoms with Crippen LogP contribution in [0, 0.1) is 0 Å². The molecule has 4 heteroatoms. The van der Waals surface area contributed by atoms with Gasteiger partial charge < -0.3 is 14.2 Å². The molecule has 1 aromatic rings. The van der Waals surface area contributed by atoms with E-state index in [2.05, 4.69) is 30.8 Å². The third-order valence-corrected chi connectivity index (χ3v) is 2.48. The van der Waals surface area contributed by atoms with E-state index in [9.17, 15) is 0 Å². The van der Waals surface area contributed by atoms with Crippen LogP contribution in [-0.2, 0) is 7.05 Å². The number of aromatic nitrogens is 2. The van der Waals surface area contributed by atoms with Crippen LogP contribution in [0.3, 0.4) is 0 Å². The standard InChI is InChI=1S/C11H21N3O/c1-5-10(7-13(3)6-2)15-11-8-14(4)9-12-11/h8-10H,5-7H2,1-4H3. The summed E-state index contributed by atoms with van der Waals surface area (Å²) >= 11 is 0. The average molecular weight is 211 g/mol. The second-order valence-electron chi connectivity index (χ2n) is 3.88. The van der Waals surface area contributed by atoms with Crippen molar-refractivity contribution < 1.29 is 4.74 Å². The first kappa shape index (κ1) is 12.0. The Morgan fingerprint density at radius 2 is 2.27 bits per heavy atom. The van der Waals surface area contributed by atoms with E-state index in [-0.39, 0.29) is 6.10 Å². The van der Waals surface area contributed by atoms with Crippen molar-refractivity contribution in [2.75, 3.05) is 20.1 Å². The highest BCUT2D eigenvalue weighted by molar-refractivity contribution is 5.03. The van der Waals surface area contributed by atoms with Crippen molar-refractivity contribution in [2.24, 2.45) is 7.05 Å². The predicted octanol–water partition coefficient (Wildman–Crippen LogP) is 1.53. The zero-order chi connectivity index (χ0) is 11.3. The molecule has 15 heavy (non-hydrogen) atoms. The molecule has 0 radical (unpaired) electrons. The zero-order valence-corrected chi connectivity index (χ0v) is 10.1. The van der Waals surface area contributed by atoms with Gasteiger partial charge in [-0.15, -0.1) is 0 Å². The molecule has 0 saturated heterocycles. The summed E-state index contributed by atoms with van der Waals surface area (Å²) in [5.74, 6) is 0.717. The molecule has 0 spiro atoms. The zero-order valence-electron chi connectivity index (χ0n) is 10.1. The number of aryl methyl sites for hydroxylation is 1. The van der Waals surface area contributed by atoms with Crippen LogP contribution in [0.1, 0.15) is 20.3 Å². The van der Waals surface area contributed by atoms with E-state index >= 15 is 0 Å². The summed E-state index contributed by atoms with van der Waals surface area (Å²) in [7, 11) is 4.05. The summed E-state index contributed by atoms with van der Waals surface area (Å²) in [5, 5.41) is 0. The Kier molecular flexibility index (Phi) is 4.62. The molecule has 1 unspecified atom stereocenters. The van der Waals surface area contributed by atoms with Crippen LogP contribution in [0.4, 0.5) is 0 Å². The van der Waals surface area contributed by atoms with Gasteiger partial charge in [-0.05, 0) is 20.0 Å². The summed E-state index contributed by atoms with van der Waals surface area (Å²) < 4.78 is 7.68. The van der Waals surface area contributed by atoms with E-state index in [0.29, 0.717) is 5.88 Å². The van der Waals surface area contributed by atoms with Gasteiger partial charge in [-0.1, -0.05) is 13.8 Å². The second kappa shape index (κ2) is 5.75. The molecule has 86 valence electrons. The summed E-state index contributed by atoms with van der Waals surface area (Å²) in [6.45, 7) is 6.27. The molecule has 0 saturated carbocycles. The molecule has 0 aliphatic rings. The number of nitrogens with zero attached hydrogens (tertiary/aromatic N) is 3. The minimum Gasteiger partial charge on any atom is -0.472 e. The number of ether oxygens (including phenoxy) is 1. The Bertz CT molecular complexity index is 285. The van der Waals surface area contributed by atoms with Gasteiger partial charge in [0.25, 0.3) is 0 Å². The molecule has 1 rings (SSSR count). The molecular weight excluding hydrogens is 190 g/mol. The van der Waals surface area contributed by atoms with Gasteiger partial charge in [0, 0.05) is 13.6 Å². The molecule has 0 N–H and O–H groups in total. The Morgan fingerprint density at radius 3 is 2.73 bits per heavy atom. The molecule has 0 aromatic carbocycles. The lowest BCUT2D eigenvalue weighted by molar-refractivity contribution is 0.142. The van der Waals surface area contributed by atoms with Crippen molar-refractivity contribution >= 4 is 0 Å². The van der Waals surface area contributed by atoms with Gasteiger partial charge in [-0.3, -0.25) is 0 Å². The first-order valence-electron chi connectivity index (χ1n) is 5.48. The molecule has 1 aromatic heterocycles. The van der Waals surface area contributed by atoms with Crippen LogP contribution in [0.15, 0.2) is 12.5 Å². The largest absolute Gasteiger partial charge is 0.472 e. The van der Waals surface area contributed by atoms with E-state index in [1.807, 2.05) is 17.8 Å². The Hall–Kier alpha value is -1.03. The maximum atomic E-state index is 5.78. The van der Waals surface area contributed by atoms with E-state index in [0.717, 1.165) is 19.5 Å². The lowest BCUT2D eigenvalue weighted by Gasteiger charge is -2.21. The average Bonchev–Trinajstić information content (AvgIpc) is 2.62. The van der Waals surface area contributed by atoms with Crippen molar-refractivity contribution in [3.8, 4) is 5.88 Å². The number of hydrogen-bond acceptors (Lipinski definition) is 3. The Labute approximate surface area is 91.9 Å². The molecule has 4 nitrogen and oxygen atoms in total. The predicted molar refractivity (Wildman–Crippen MR) is 61.1 cm³/mol. The van der Waals surface area contributed by atoms with Crippen molar-refractivity contribution in [2.45, 2.75) is 26.4 Å². The third-order valence-electron chi connectivity index (χ3n) is 2.48. The van der Waals surface area contributed by atoms with Crippen LogP contribution in [-0.4, -0.2) is 40.7 Å². The highest BCUT2D eigenvalue weighted by Gasteiger charge is 2.11. The molecule has 0 aliphatic heterocycles. The van der Waals surface area contributed by atoms with Crippen molar-refractivity contribution in [3.63, 3.8) is 0 Å². The van der Waals surface area contributed by atoms with Crippen LogP contribution in [0.25, 0.3) is 0 Å². The van der Waals surface area contributed by atoms with Crippen LogP contribution in [0.2, 0.25) is 0 Å². The monoisotopic (exact) mass is 211 g/mol. The fourth-order valence-corrected chi connectivity index (χ4v) is 1.35. The molecule has 0 amide bonds. The van der Waals surface area contributed by atoms with Crippen molar-refractivity contribution in [3.05, 3.63) is 12.5 Å². The minimum absolute atomic E-state index is 0.227. The van der Waals surface area contributed by atoms with E-state index < -0.39 is 0 Å². The number of likely N-dealkylation sites (N-methyl/N-ethyl adjacent to an activating group) is 1. The molecule has 1 atom stereocenters. The fourth-order valence-electron chi connectivity index (χ4n) is 1.35. The number of hydrogen-bond donors (Lipinski definition) is 0. The van der Waals surface area contributed by atoms with Crippen molar-refractivity contribution in [1.82, 2.24) is 14.5 Å². The molecule has 0 bridgehead atoms. The summed E-state index contributed by atoms with van der Waals surface area (Å²) in [4.78, 5) is 6.41. The van der Waals surface area contributed by atoms with Gasteiger partial charge in [-0.2, -0.15) is 0 Å². The summed E-state index contributed by atoms with van der Waals surface area (Å²) in [6, 6.07) is 0. The molecular formula is C11H21N3O. The van der Waals surface area contributed by atoms with Gasteiger partial charge in [0.2, 0.25) is 5.88 Å². The van der Waals surface area contributed by atoms with Crippen LogP contribution >= 0.6 is 0 Å².